The van der Waals surface area contributed by atoms with Crippen LogP contribution in [-0.4, -0.2) is 18.0 Å². The quantitative estimate of drug-likeness (QED) is 0.703. The molecule has 1 heterocycles. The molecule has 1 aromatic carbocycles. The van der Waals surface area contributed by atoms with E-state index in [2.05, 4.69) is 20.8 Å². The lowest BCUT2D eigenvalue weighted by molar-refractivity contribution is -0.113. The van der Waals surface area contributed by atoms with Gasteiger partial charge in [0.05, 0.1) is 13.2 Å². The van der Waals surface area contributed by atoms with Gasteiger partial charge in [0, 0.05) is 25.5 Å². The van der Waals surface area contributed by atoms with Gasteiger partial charge in [-0.05, 0) is 54.4 Å². The van der Waals surface area contributed by atoms with Gasteiger partial charge in [-0.25, -0.2) is 0 Å². The van der Waals surface area contributed by atoms with Crippen LogP contribution < -0.4 is 14.2 Å². The molecule has 2 unspecified atom stereocenters. The summed E-state index contributed by atoms with van der Waals surface area (Å²) < 4.78 is 17.5. The van der Waals surface area contributed by atoms with E-state index in [9.17, 15) is 5.11 Å². The largest absolute Gasteiger partial charge is 0.496 e. The molecule has 1 aliphatic heterocycles. The number of aliphatic hydroxyl groups is 1. The van der Waals surface area contributed by atoms with Crippen LogP contribution in [0.4, 0.5) is 0 Å². The molecule has 28 heavy (non-hydrogen) atoms. The van der Waals surface area contributed by atoms with Crippen molar-refractivity contribution >= 4 is 0 Å². The van der Waals surface area contributed by atoms with Crippen molar-refractivity contribution in [1.82, 2.24) is 0 Å². The third kappa shape index (κ3) is 3.08. The summed E-state index contributed by atoms with van der Waals surface area (Å²) in [6, 6.07) is 3.81. The van der Waals surface area contributed by atoms with Crippen LogP contribution in [0.25, 0.3) is 0 Å². The molecule has 1 N–H and O–H groups in total. The average molecular weight is 389 g/mol. The maximum atomic E-state index is 11.6. The van der Waals surface area contributed by atoms with Gasteiger partial charge in [-0.3, -0.25) is 0 Å². The van der Waals surface area contributed by atoms with Crippen molar-refractivity contribution in [3.63, 3.8) is 0 Å². The SMILES string of the molecule is COc1cc2c(cc1C(O)C1CCC[C@H]3C(C)(C)CCC[C@]13C)OC(C)(C)O2. The van der Waals surface area contributed by atoms with Gasteiger partial charge < -0.3 is 19.3 Å². The summed E-state index contributed by atoms with van der Waals surface area (Å²) in [7, 11) is 1.66. The number of fused-ring (bicyclic) bond motifs is 2. The molecule has 0 spiro atoms. The van der Waals surface area contributed by atoms with Crippen LogP contribution in [0.2, 0.25) is 0 Å². The van der Waals surface area contributed by atoms with Gasteiger partial charge in [-0.2, -0.15) is 0 Å². The lowest BCUT2D eigenvalue weighted by atomic mass is 9.47. The highest BCUT2D eigenvalue weighted by Crippen LogP contribution is 2.62. The van der Waals surface area contributed by atoms with Crippen molar-refractivity contribution in [2.45, 2.75) is 85.0 Å². The number of aliphatic hydroxyl groups excluding tert-OH is 1. The number of rotatable bonds is 3. The van der Waals surface area contributed by atoms with E-state index in [1.165, 1.54) is 32.1 Å². The van der Waals surface area contributed by atoms with Gasteiger partial charge in [0.25, 0.3) is 0 Å². The van der Waals surface area contributed by atoms with Crippen LogP contribution in [0.15, 0.2) is 12.1 Å². The predicted octanol–water partition coefficient (Wildman–Crippen LogP) is 5.87. The van der Waals surface area contributed by atoms with Crippen LogP contribution in [0.5, 0.6) is 17.2 Å². The van der Waals surface area contributed by atoms with E-state index in [1.54, 1.807) is 7.11 Å². The Balaban J connectivity index is 1.70. The van der Waals surface area contributed by atoms with Gasteiger partial charge in [0.1, 0.15) is 5.75 Å². The fourth-order valence-corrected chi connectivity index (χ4v) is 6.61. The molecule has 0 bridgehead atoms. The second kappa shape index (κ2) is 6.55. The summed E-state index contributed by atoms with van der Waals surface area (Å²) in [6.07, 6.45) is 6.70. The summed E-state index contributed by atoms with van der Waals surface area (Å²) >= 11 is 0. The third-order valence-electron chi connectivity index (χ3n) is 7.84. The second-order valence-electron chi connectivity index (χ2n) is 10.5. The highest BCUT2D eigenvalue weighted by molar-refractivity contribution is 5.53. The first-order chi connectivity index (χ1) is 13.1. The summed E-state index contributed by atoms with van der Waals surface area (Å²) in [6.45, 7) is 11.1. The van der Waals surface area contributed by atoms with Crippen molar-refractivity contribution in [3.8, 4) is 17.2 Å². The van der Waals surface area contributed by atoms with Gasteiger partial charge in [0.2, 0.25) is 5.79 Å². The molecular formula is C24H36O4. The van der Waals surface area contributed by atoms with Crippen LogP contribution in [0, 0.1) is 22.7 Å². The van der Waals surface area contributed by atoms with Crippen molar-refractivity contribution < 1.29 is 19.3 Å². The Hall–Kier alpha value is -1.42. The first-order valence-electron chi connectivity index (χ1n) is 10.9. The first kappa shape index (κ1) is 19.9. The molecule has 1 aromatic rings. The topological polar surface area (TPSA) is 47.9 Å². The standard InChI is InChI=1S/C24H36O4/c1-22(2)11-8-12-24(5)16(9-7-10-20(22)24)21(25)15-13-18-19(14-17(15)26-6)28-23(3,4)27-18/h13-14,16,20-21,25H,7-12H2,1-6H3/t16?,20-,21?,24+/m0/s1. The summed E-state index contributed by atoms with van der Waals surface area (Å²) in [5, 5.41) is 11.6. The Morgan fingerprint density at radius 2 is 1.68 bits per heavy atom. The smallest absolute Gasteiger partial charge is 0.246 e. The molecule has 2 saturated carbocycles. The van der Waals surface area contributed by atoms with Gasteiger partial charge in [0.15, 0.2) is 11.5 Å². The minimum absolute atomic E-state index is 0.153. The van der Waals surface area contributed by atoms with E-state index < -0.39 is 11.9 Å². The maximum absolute atomic E-state index is 11.6. The van der Waals surface area contributed by atoms with E-state index in [-0.39, 0.29) is 11.3 Å². The Morgan fingerprint density at radius 3 is 2.36 bits per heavy atom. The lowest BCUT2D eigenvalue weighted by Crippen LogP contribution is -2.50. The van der Waals surface area contributed by atoms with Gasteiger partial charge >= 0.3 is 0 Å². The second-order valence-corrected chi connectivity index (χ2v) is 10.5. The van der Waals surface area contributed by atoms with Gasteiger partial charge in [-0.15, -0.1) is 0 Å². The van der Waals surface area contributed by atoms with Crippen molar-refractivity contribution in [2.24, 2.45) is 22.7 Å². The Labute approximate surface area is 169 Å². The molecule has 156 valence electrons. The molecule has 0 aromatic heterocycles. The van der Waals surface area contributed by atoms with E-state index in [1.807, 2.05) is 26.0 Å². The van der Waals surface area contributed by atoms with Crippen LogP contribution in [0.3, 0.4) is 0 Å². The number of benzene rings is 1. The highest BCUT2D eigenvalue weighted by atomic mass is 16.7. The Kier molecular flexibility index (Phi) is 4.65. The van der Waals surface area contributed by atoms with E-state index in [4.69, 9.17) is 14.2 Å². The summed E-state index contributed by atoms with van der Waals surface area (Å²) in [5.74, 6) is 2.26. The fraction of sp³-hybridized carbons (Fsp3) is 0.750. The first-order valence-corrected chi connectivity index (χ1v) is 10.9. The molecule has 0 saturated heterocycles. The maximum Gasteiger partial charge on any atom is 0.246 e. The summed E-state index contributed by atoms with van der Waals surface area (Å²) in [5.41, 5.74) is 1.33. The molecule has 4 nitrogen and oxygen atoms in total. The molecule has 2 aliphatic carbocycles. The zero-order valence-electron chi connectivity index (χ0n) is 18.3. The highest BCUT2D eigenvalue weighted by Gasteiger charge is 2.54. The van der Waals surface area contributed by atoms with Crippen LogP contribution >= 0.6 is 0 Å². The fourth-order valence-electron chi connectivity index (χ4n) is 6.61. The van der Waals surface area contributed by atoms with E-state index in [0.717, 1.165) is 12.0 Å². The number of ether oxygens (including phenoxy) is 3. The molecule has 4 atom stereocenters. The van der Waals surface area contributed by atoms with Crippen molar-refractivity contribution in [3.05, 3.63) is 17.7 Å². The average Bonchev–Trinajstić information content (AvgIpc) is 2.91. The Morgan fingerprint density at radius 1 is 1.00 bits per heavy atom. The number of methoxy groups -OCH3 is 1. The van der Waals surface area contributed by atoms with Crippen molar-refractivity contribution in [2.75, 3.05) is 7.11 Å². The Bertz CT molecular complexity index is 753. The molecule has 4 rings (SSSR count). The predicted molar refractivity (Wildman–Crippen MR) is 110 cm³/mol. The zero-order valence-corrected chi connectivity index (χ0v) is 18.3. The number of hydrogen-bond acceptors (Lipinski definition) is 4. The minimum atomic E-state index is -0.688. The molecule has 3 aliphatic rings. The number of hydrogen-bond donors (Lipinski definition) is 1. The lowest BCUT2D eigenvalue weighted by Gasteiger charge is -2.58. The molecule has 0 radical (unpaired) electrons. The minimum Gasteiger partial charge on any atom is -0.496 e. The van der Waals surface area contributed by atoms with E-state index in [0.29, 0.717) is 28.6 Å². The van der Waals surface area contributed by atoms with Gasteiger partial charge in [-0.1, -0.05) is 33.6 Å². The molecular weight excluding hydrogens is 352 g/mol. The summed E-state index contributed by atoms with van der Waals surface area (Å²) in [4.78, 5) is 0. The molecule has 4 heteroatoms. The van der Waals surface area contributed by atoms with Crippen LogP contribution in [0.1, 0.15) is 84.8 Å². The molecule has 0 amide bonds. The zero-order chi connectivity index (χ0) is 20.3. The van der Waals surface area contributed by atoms with Crippen molar-refractivity contribution in [1.29, 1.82) is 0 Å². The monoisotopic (exact) mass is 388 g/mol. The third-order valence-corrected chi connectivity index (χ3v) is 7.84. The normalized spacial score (nSPS) is 33.8. The van der Waals surface area contributed by atoms with E-state index >= 15 is 0 Å². The van der Waals surface area contributed by atoms with Crippen LogP contribution in [-0.2, 0) is 0 Å². The molecule has 2 fully saturated rings.